The molecule has 0 radical (unpaired) electrons. The van der Waals surface area contributed by atoms with Crippen LogP contribution >= 0.6 is 0 Å². The molecule has 0 nitrogen and oxygen atoms in total. The van der Waals surface area contributed by atoms with Crippen LogP contribution in [-0.2, 0) is 6.42 Å². The average molecular weight is 368 g/mol. The minimum atomic E-state index is -0.637. The summed E-state index contributed by atoms with van der Waals surface area (Å²) in [4.78, 5) is 0. The van der Waals surface area contributed by atoms with E-state index in [1.54, 1.807) is 0 Å². The molecule has 0 spiro atoms. The van der Waals surface area contributed by atoms with Crippen molar-refractivity contribution in [2.75, 3.05) is 0 Å². The van der Waals surface area contributed by atoms with Gasteiger partial charge >= 0.3 is 35.5 Å². The molecular weight excluding hydrogens is 343 g/mol. The van der Waals surface area contributed by atoms with Crippen molar-refractivity contribution in [3.63, 3.8) is 0 Å². The van der Waals surface area contributed by atoms with E-state index in [1.807, 2.05) is 0 Å². The van der Waals surface area contributed by atoms with Gasteiger partial charge in [-0.3, -0.25) is 0 Å². The molecule has 2 aromatic rings. The van der Waals surface area contributed by atoms with Gasteiger partial charge in [-0.15, -0.1) is 0 Å². The van der Waals surface area contributed by atoms with Gasteiger partial charge in [-0.05, 0) is 66.1 Å². The average Bonchev–Trinajstić information content (AvgIpc) is 2.75. The van der Waals surface area contributed by atoms with Crippen molar-refractivity contribution in [1.29, 1.82) is 0 Å². The Bertz CT molecular complexity index is 621. The molecule has 0 aromatic heterocycles. The van der Waals surface area contributed by atoms with Crippen molar-refractivity contribution in [2.24, 2.45) is 0 Å². The Hall–Kier alpha value is -0.690. The van der Waals surface area contributed by atoms with Crippen molar-refractivity contribution in [1.82, 2.24) is 0 Å². The summed E-state index contributed by atoms with van der Waals surface area (Å²) in [5.41, 5.74) is 10.2. The molecule has 1 aliphatic rings. The third-order valence-electron chi connectivity index (χ3n) is 3.97. The summed E-state index contributed by atoms with van der Waals surface area (Å²) in [6.45, 7) is 6.70. The van der Waals surface area contributed by atoms with Gasteiger partial charge in [-0.2, -0.15) is 0 Å². The molecule has 1 heteroatoms. The summed E-state index contributed by atoms with van der Waals surface area (Å²) in [5, 5.41) is 0. The fraction of sp³-hybridized carbons (Fsp3) is 0.368. The number of hydrogen-bond donors (Lipinski definition) is 0. The normalized spacial score (nSPS) is 11.3. The molecule has 3 rings (SSSR count). The summed E-state index contributed by atoms with van der Waals surface area (Å²) in [7, 11) is 0. The molecule has 0 saturated carbocycles. The van der Waals surface area contributed by atoms with Crippen LogP contribution in [0.1, 0.15) is 27.8 Å². The Morgan fingerprint density at radius 1 is 0.850 bits per heavy atom. The molecule has 0 amide bonds. The molecule has 0 fully saturated rings. The van der Waals surface area contributed by atoms with E-state index in [4.69, 9.17) is 0 Å². The van der Waals surface area contributed by atoms with Crippen LogP contribution in [0.2, 0.25) is 14.0 Å². The quantitative estimate of drug-likeness (QED) is 0.488. The summed E-state index contributed by atoms with van der Waals surface area (Å²) in [6, 6.07) is 11.1. The standard InChI is InChI=1S/C16H16.3CH3.In/c1-10-8-16-14-7-5-4-6-13(14)9-15(16)12(3)11(10)2;;;;/h4-8H,9H2,1-3H3;3*1H3;. The van der Waals surface area contributed by atoms with Crippen LogP contribution in [0.3, 0.4) is 0 Å². The summed E-state index contributed by atoms with van der Waals surface area (Å²) in [5.74, 6) is 0. The third-order valence-corrected chi connectivity index (χ3v) is 3.97. The molecule has 0 unspecified atom stereocenters. The van der Waals surface area contributed by atoms with Gasteiger partial charge in [0.25, 0.3) is 0 Å². The maximum atomic E-state index is 2.38. The van der Waals surface area contributed by atoms with E-state index in [0.29, 0.717) is 0 Å². The molecule has 0 saturated heterocycles. The minimum absolute atomic E-state index is 0.637. The predicted molar refractivity (Wildman–Crippen MR) is 92.2 cm³/mol. The number of hydrogen-bond acceptors (Lipinski definition) is 0. The monoisotopic (exact) mass is 368 g/mol. The van der Waals surface area contributed by atoms with Gasteiger partial charge in [0.05, 0.1) is 0 Å². The number of aryl methyl sites for hydroxylation is 1. The summed E-state index contributed by atoms with van der Waals surface area (Å²) < 4.78 is 7.13. The third kappa shape index (κ3) is 3.14. The fourth-order valence-electron chi connectivity index (χ4n) is 2.73. The zero-order valence-electron chi connectivity index (χ0n) is 13.7. The Balaban J connectivity index is 0.000000328. The number of fused-ring (bicyclic) bond motifs is 3. The van der Waals surface area contributed by atoms with Gasteiger partial charge in [0.1, 0.15) is 0 Å². The fourth-order valence-corrected chi connectivity index (χ4v) is 2.73. The van der Waals surface area contributed by atoms with Crippen molar-refractivity contribution in [2.45, 2.75) is 41.2 Å². The summed E-state index contributed by atoms with van der Waals surface area (Å²) in [6.07, 6.45) is 1.11. The number of benzene rings is 2. The zero-order valence-corrected chi connectivity index (χ0v) is 17.0. The molecule has 0 aliphatic heterocycles. The molecular formula is C19H25In. The van der Waals surface area contributed by atoms with Crippen LogP contribution in [0.5, 0.6) is 0 Å². The van der Waals surface area contributed by atoms with Crippen LogP contribution in [-0.4, -0.2) is 21.4 Å². The zero-order chi connectivity index (χ0) is 14.9. The second kappa shape index (κ2) is 6.39. The SMILES string of the molecule is Cc1cc2c(c(C)c1C)Cc1ccccc1-2.[CH3][In]([CH3])[CH3]. The first-order valence-electron chi connectivity index (χ1n) is 7.59. The van der Waals surface area contributed by atoms with Crippen molar-refractivity contribution >= 4 is 21.4 Å². The molecule has 2 aromatic carbocycles. The Morgan fingerprint density at radius 3 is 2.10 bits per heavy atom. The van der Waals surface area contributed by atoms with Crippen molar-refractivity contribution < 1.29 is 0 Å². The van der Waals surface area contributed by atoms with Crippen LogP contribution in [0.4, 0.5) is 0 Å². The van der Waals surface area contributed by atoms with E-state index < -0.39 is 21.4 Å². The van der Waals surface area contributed by atoms with Crippen molar-refractivity contribution in [3.05, 3.63) is 58.1 Å². The Morgan fingerprint density at radius 2 is 1.45 bits per heavy atom. The van der Waals surface area contributed by atoms with E-state index in [1.165, 1.54) is 38.9 Å². The second-order valence-corrected chi connectivity index (χ2v) is 16.4. The van der Waals surface area contributed by atoms with E-state index >= 15 is 0 Å². The van der Waals surface area contributed by atoms with Crippen molar-refractivity contribution in [3.8, 4) is 11.1 Å². The topological polar surface area (TPSA) is 0 Å². The van der Waals surface area contributed by atoms with Gasteiger partial charge in [-0.25, -0.2) is 0 Å². The van der Waals surface area contributed by atoms with Gasteiger partial charge in [0.15, 0.2) is 0 Å². The molecule has 104 valence electrons. The Labute approximate surface area is 131 Å². The molecule has 1 aliphatic carbocycles. The van der Waals surface area contributed by atoms with E-state index in [9.17, 15) is 0 Å². The van der Waals surface area contributed by atoms with Crippen LogP contribution in [0.25, 0.3) is 11.1 Å². The van der Waals surface area contributed by atoms with Gasteiger partial charge in [0, 0.05) is 0 Å². The molecule has 0 bridgehead atoms. The first-order chi connectivity index (χ1) is 9.41. The van der Waals surface area contributed by atoms with Crippen LogP contribution in [0, 0.1) is 20.8 Å². The Kier molecular flexibility index (Phi) is 5.01. The first kappa shape index (κ1) is 15.7. The number of rotatable bonds is 0. The van der Waals surface area contributed by atoms with Gasteiger partial charge in [-0.1, -0.05) is 30.3 Å². The molecule has 0 N–H and O–H groups in total. The predicted octanol–water partition coefficient (Wildman–Crippen LogP) is 5.55. The second-order valence-electron chi connectivity index (χ2n) is 6.54. The molecule has 20 heavy (non-hydrogen) atoms. The van der Waals surface area contributed by atoms with E-state index in [-0.39, 0.29) is 0 Å². The van der Waals surface area contributed by atoms with Crippen LogP contribution in [0.15, 0.2) is 30.3 Å². The molecule has 0 heterocycles. The first-order valence-corrected chi connectivity index (χ1v) is 17.5. The maximum absolute atomic E-state index is 2.38. The molecule has 0 atom stereocenters. The van der Waals surface area contributed by atoms with Gasteiger partial charge < -0.3 is 0 Å². The van der Waals surface area contributed by atoms with Gasteiger partial charge in [0.2, 0.25) is 0 Å². The van der Waals surface area contributed by atoms with Crippen LogP contribution < -0.4 is 0 Å². The van der Waals surface area contributed by atoms with E-state index in [2.05, 4.69) is 65.1 Å². The van der Waals surface area contributed by atoms with E-state index in [0.717, 1.165) is 6.42 Å². The summed E-state index contributed by atoms with van der Waals surface area (Å²) >= 11 is -0.637.